The molecule has 2 aromatic carbocycles. The first-order valence-corrected chi connectivity index (χ1v) is 9.90. The van der Waals surface area contributed by atoms with Crippen molar-refractivity contribution in [3.05, 3.63) is 58.1 Å². The number of ether oxygens (including phenoxy) is 2. The SMILES string of the molecule is CCCCOC(=O)c1ccc(NC(=O)CCCOc2ccc(Cl)cc2Cl)cc1. The maximum Gasteiger partial charge on any atom is 0.338 e. The summed E-state index contributed by atoms with van der Waals surface area (Å²) < 4.78 is 10.7. The zero-order valence-corrected chi connectivity index (χ0v) is 17.2. The summed E-state index contributed by atoms with van der Waals surface area (Å²) in [6, 6.07) is 11.6. The Balaban J connectivity index is 1.71. The minimum Gasteiger partial charge on any atom is -0.492 e. The van der Waals surface area contributed by atoms with E-state index in [9.17, 15) is 9.59 Å². The normalized spacial score (nSPS) is 10.4. The number of nitrogens with one attached hydrogen (secondary N) is 1. The van der Waals surface area contributed by atoms with Gasteiger partial charge in [-0.2, -0.15) is 0 Å². The minimum atomic E-state index is -0.357. The molecular formula is C21H23Cl2NO4. The Bertz CT molecular complexity index is 793. The molecule has 0 saturated heterocycles. The lowest BCUT2D eigenvalue weighted by atomic mass is 10.2. The molecule has 0 unspecified atom stereocenters. The van der Waals surface area contributed by atoms with Crippen molar-refractivity contribution in [2.45, 2.75) is 32.6 Å². The van der Waals surface area contributed by atoms with E-state index in [4.69, 9.17) is 32.7 Å². The topological polar surface area (TPSA) is 64.6 Å². The summed E-state index contributed by atoms with van der Waals surface area (Å²) in [5.74, 6) is 0.0429. The molecule has 0 atom stereocenters. The van der Waals surface area contributed by atoms with Gasteiger partial charge in [-0.05, 0) is 55.3 Å². The van der Waals surface area contributed by atoms with E-state index < -0.39 is 0 Å². The van der Waals surface area contributed by atoms with E-state index in [1.54, 1.807) is 42.5 Å². The predicted molar refractivity (Wildman–Crippen MR) is 111 cm³/mol. The lowest BCUT2D eigenvalue weighted by Crippen LogP contribution is -2.13. The van der Waals surface area contributed by atoms with Gasteiger partial charge in [0.05, 0.1) is 23.8 Å². The number of rotatable bonds is 10. The van der Waals surface area contributed by atoms with E-state index in [0.29, 0.717) is 53.1 Å². The van der Waals surface area contributed by atoms with Crippen molar-refractivity contribution >= 4 is 40.8 Å². The highest BCUT2D eigenvalue weighted by molar-refractivity contribution is 6.35. The predicted octanol–water partition coefficient (Wildman–Crippen LogP) is 5.75. The standard InChI is InChI=1S/C21H23Cl2NO4/c1-2-3-12-28-21(26)15-6-9-17(10-7-15)24-20(25)5-4-13-27-19-11-8-16(22)14-18(19)23/h6-11,14H,2-5,12-13H2,1H3,(H,24,25). The molecule has 0 spiro atoms. The third kappa shape index (κ3) is 7.41. The summed E-state index contributed by atoms with van der Waals surface area (Å²) >= 11 is 11.9. The summed E-state index contributed by atoms with van der Waals surface area (Å²) in [7, 11) is 0. The van der Waals surface area contributed by atoms with Crippen LogP contribution in [0.5, 0.6) is 5.75 Å². The molecule has 2 aromatic rings. The largest absolute Gasteiger partial charge is 0.492 e. The molecule has 0 saturated carbocycles. The van der Waals surface area contributed by atoms with E-state index in [2.05, 4.69) is 5.32 Å². The minimum absolute atomic E-state index is 0.135. The van der Waals surface area contributed by atoms with Crippen LogP contribution < -0.4 is 10.1 Å². The number of benzene rings is 2. The van der Waals surface area contributed by atoms with Gasteiger partial charge in [0.1, 0.15) is 5.75 Å². The molecule has 1 amide bonds. The van der Waals surface area contributed by atoms with E-state index >= 15 is 0 Å². The van der Waals surface area contributed by atoms with Crippen molar-refractivity contribution in [2.24, 2.45) is 0 Å². The molecule has 0 aromatic heterocycles. The van der Waals surface area contributed by atoms with Gasteiger partial charge in [0.25, 0.3) is 0 Å². The Labute approximate surface area is 174 Å². The quantitative estimate of drug-likeness (QED) is 0.390. The molecule has 5 nitrogen and oxygen atoms in total. The maximum absolute atomic E-state index is 12.0. The molecule has 0 aliphatic carbocycles. The second kappa shape index (κ2) is 11.6. The number of esters is 1. The molecule has 0 heterocycles. The zero-order chi connectivity index (χ0) is 20.4. The summed E-state index contributed by atoms with van der Waals surface area (Å²) in [6.07, 6.45) is 2.64. The monoisotopic (exact) mass is 423 g/mol. The number of carbonyl (C=O) groups excluding carboxylic acids is 2. The van der Waals surface area contributed by atoms with E-state index in [1.165, 1.54) is 0 Å². The summed E-state index contributed by atoms with van der Waals surface area (Å²) in [4.78, 5) is 23.9. The van der Waals surface area contributed by atoms with Crippen LogP contribution in [-0.4, -0.2) is 25.1 Å². The molecule has 7 heteroatoms. The lowest BCUT2D eigenvalue weighted by Gasteiger charge is -2.09. The van der Waals surface area contributed by atoms with E-state index in [-0.39, 0.29) is 11.9 Å². The fraction of sp³-hybridized carbons (Fsp3) is 0.333. The van der Waals surface area contributed by atoms with Gasteiger partial charge in [-0.15, -0.1) is 0 Å². The third-order valence-corrected chi connectivity index (χ3v) is 4.37. The number of unbranched alkanes of at least 4 members (excludes halogenated alkanes) is 1. The van der Waals surface area contributed by atoms with Gasteiger partial charge < -0.3 is 14.8 Å². The fourth-order valence-corrected chi connectivity index (χ4v) is 2.78. The van der Waals surface area contributed by atoms with Gasteiger partial charge in [0.15, 0.2) is 0 Å². The number of anilines is 1. The van der Waals surface area contributed by atoms with Crippen molar-refractivity contribution in [3.63, 3.8) is 0 Å². The Morgan fingerprint density at radius 3 is 2.43 bits per heavy atom. The summed E-state index contributed by atoms with van der Waals surface area (Å²) in [5, 5.41) is 3.76. The van der Waals surface area contributed by atoms with Crippen LogP contribution in [0.4, 0.5) is 5.69 Å². The van der Waals surface area contributed by atoms with Gasteiger partial charge in [-0.3, -0.25) is 4.79 Å². The maximum atomic E-state index is 12.0. The van der Waals surface area contributed by atoms with Gasteiger partial charge in [0, 0.05) is 17.1 Å². The van der Waals surface area contributed by atoms with Crippen LogP contribution in [0.2, 0.25) is 10.0 Å². The molecule has 0 bridgehead atoms. The van der Waals surface area contributed by atoms with Gasteiger partial charge in [-0.25, -0.2) is 4.79 Å². The number of hydrogen-bond donors (Lipinski definition) is 1. The Morgan fingerprint density at radius 2 is 1.75 bits per heavy atom. The van der Waals surface area contributed by atoms with Gasteiger partial charge >= 0.3 is 5.97 Å². The molecule has 28 heavy (non-hydrogen) atoms. The van der Waals surface area contributed by atoms with Crippen LogP contribution in [0.3, 0.4) is 0 Å². The number of amides is 1. The second-order valence-electron chi connectivity index (χ2n) is 6.14. The third-order valence-electron chi connectivity index (χ3n) is 3.84. The molecule has 0 aliphatic rings. The molecule has 150 valence electrons. The van der Waals surface area contributed by atoms with Crippen molar-refractivity contribution < 1.29 is 19.1 Å². The van der Waals surface area contributed by atoms with Crippen molar-refractivity contribution in [3.8, 4) is 5.75 Å². The molecule has 0 radical (unpaired) electrons. The number of hydrogen-bond acceptors (Lipinski definition) is 4. The summed E-state index contributed by atoms with van der Waals surface area (Å²) in [5.41, 5.74) is 1.08. The van der Waals surface area contributed by atoms with Crippen molar-refractivity contribution in [2.75, 3.05) is 18.5 Å². The van der Waals surface area contributed by atoms with Crippen LogP contribution in [0.1, 0.15) is 43.0 Å². The van der Waals surface area contributed by atoms with Crippen molar-refractivity contribution in [1.82, 2.24) is 0 Å². The van der Waals surface area contributed by atoms with Crippen LogP contribution in [0.15, 0.2) is 42.5 Å². The first-order chi connectivity index (χ1) is 13.5. The molecule has 2 rings (SSSR count). The molecule has 1 N–H and O–H groups in total. The van der Waals surface area contributed by atoms with E-state index in [1.807, 2.05) is 6.92 Å². The molecule has 0 aliphatic heterocycles. The zero-order valence-electron chi connectivity index (χ0n) is 15.7. The fourth-order valence-electron chi connectivity index (χ4n) is 2.31. The van der Waals surface area contributed by atoms with Crippen molar-refractivity contribution in [1.29, 1.82) is 0 Å². The van der Waals surface area contributed by atoms with Gasteiger partial charge in [-0.1, -0.05) is 36.5 Å². The van der Waals surface area contributed by atoms with Gasteiger partial charge in [0.2, 0.25) is 5.91 Å². The highest BCUT2D eigenvalue weighted by Crippen LogP contribution is 2.27. The van der Waals surface area contributed by atoms with Crippen LogP contribution in [-0.2, 0) is 9.53 Å². The Kier molecular flexibility index (Phi) is 9.11. The number of halogens is 2. The first kappa shape index (κ1) is 22.1. The summed E-state index contributed by atoms with van der Waals surface area (Å²) in [6.45, 7) is 2.80. The van der Waals surface area contributed by atoms with Crippen LogP contribution in [0, 0.1) is 0 Å². The molecular weight excluding hydrogens is 401 g/mol. The highest BCUT2D eigenvalue weighted by atomic mass is 35.5. The molecule has 0 fully saturated rings. The smallest absolute Gasteiger partial charge is 0.338 e. The van der Waals surface area contributed by atoms with E-state index in [0.717, 1.165) is 12.8 Å². The average Bonchev–Trinajstić information content (AvgIpc) is 2.67. The van der Waals surface area contributed by atoms with Crippen LogP contribution >= 0.6 is 23.2 Å². The average molecular weight is 424 g/mol. The highest BCUT2D eigenvalue weighted by Gasteiger charge is 2.08. The first-order valence-electron chi connectivity index (χ1n) is 9.14. The lowest BCUT2D eigenvalue weighted by molar-refractivity contribution is -0.116. The van der Waals surface area contributed by atoms with Crippen LogP contribution in [0.25, 0.3) is 0 Å². The Hall–Kier alpha value is -2.24. The number of carbonyl (C=O) groups is 2. The Morgan fingerprint density at radius 1 is 1.00 bits per heavy atom. The second-order valence-corrected chi connectivity index (χ2v) is 6.99.